The molecular formula is C13H13F3N4O2. The summed E-state index contributed by atoms with van der Waals surface area (Å²) in [7, 11) is 1.22. The fourth-order valence-corrected chi connectivity index (χ4v) is 1.99. The van der Waals surface area contributed by atoms with Gasteiger partial charge in [-0.05, 0) is 25.5 Å². The maximum absolute atomic E-state index is 12.6. The molecule has 0 atom stereocenters. The fraction of sp³-hybridized carbons (Fsp3) is 0.308. The van der Waals surface area contributed by atoms with Crippen molar-refractivity contribution in [3.8, 4) is 0 Å². The van der Waals surface area contributed by atoms with Crippen LogP contribution in [0.15, 0.2) is 23.0 Å². The molecule has 0 aromatic carbocycles. The van der Waals surface area contributed by atoms with Crippen LogP contribution in [0.4, 0.5) is 13.2 Å². The van der Waals surface area contributed by atoms with Gasteiger partial charge in [0, 0.05) is 24.9 Å². The maximum Gasteiger partial charge on any atom is 0.435 e. The Labute approximate surface area is 123 Å². The van der Waals surface area contributed by atoms with E-state index < -0.39 is 23.3 Å². The van der Waals surface area contributed by atoms with E-state index in [1.54, 1.807) is 19.9 Å². The number of alkyl halides is 3. The first-order valence-electron chi connectivity index (χ1n) is 6.22. The number of aromatic nitrogens is 3. The zero-order valence-corrected chi connectivity index (χ0v) is 12.0. The third kappa shape index (κ3) is 3.02. The van der Waals surface area contributed by atoms with Crippen molar-refractivity contribution in [2.24, 2.45) is 7.05 Å². The van der Waals surface area contributed by atoms with Gasteiger partial charge in [-0.25, -0.2) is 4.68 Å². The third-order valence-corrected chi connectivity index (χ3v) is 2.98. The van der Waals surface area contributed by atoms with Crippen molar-refractivity contribution >= 4 is 5.91 Å². The van der Waals surface area contributed by atoms with Crippen LogP contribution in [-0.4, -0.2) is 20.4 Å². The lowest BCUT2D eigenvalue weighted by Gasteiger charge is -2.11. The molecule has 1 amide bonds. The molecule has 0 saturated heterocycles. The first-order chi connectivity index (χ1) is 10.1. The Morgan fingerprint density at radius 1 is 1.23 bits per heavy atom. The number of amides is 1. The minimum atomic E-state index is -4.65. The van der Waals surface area contributed by atoms with Crippen molar-refractivity contribution in [3.05, 3.63) is 51.2 Å². The van der Waals surface area contributed by atoms with E-state index in [9.17, 15) is 22.8 Å². The number of carbonyl (C=O) groups excluding carboxylic acids is 1. The van der Waals surface area contributed by atoms with Gasteiger partial charge in [-0.2, -0.15) is 18.3 Å². The van der Waals surface area contributed by atoms with Crippen LogP contribution in [0.3, 0.4) is 0 Å². The van der Waals surface area contributed by atoms with E-state index in [0.717, 1.165) is 9.36 Å². The highest BCUT2D eigenvalue weighted by atomic mass is 19.4. The van der Waals surface area contributed by atoms with Gasteiger partial charge >= 0.3 is 6.18 Å². The van der Waals surface area contributed by atoms with Gasteiger partial charge in [0.2, 0.25) is 0 Å². The van der Waals surface area contributed by atoms with Gasteiger partial charge in [0.1, 0.15) is 5.69 Å². The van der Waals surface area contributed by atoms with E-state index in [1.807, 2.05) is 0 Å². The molecule has 1 N–H and O–H groups in total. The average Bonchev–Trinajstić information content (AvgIpc) is 2.75. The SMILES string of the molecule is Cc1cc(C)n(NC(=O)c2cc(C(F)(F)F)nn2C)c(=O)c1. The predicted molar refractivity (Wildman–Crippen MR) is 72.1 cm³/mol. The summed E-state index contributed by atoms with van der Waals surface area (Å²) in [6.45, 7) is 3.32. The molecule has 118 valence electrons. The number of pyridine rings is 1. The molecule has 0 fully saturated rings. The van der Waals surface area contributed by atoms with E-state index in [2.05, 4.69) is 10.5 Å². The largest absolute Gasteiger partial charge is 0.435 e. The quantitative estimate of drug-likeness (QED) is 0.915. The summed E-state index contributed by atoms with van der Waals surface area (Å²) >= 11 is 0. The van der Waals surface area contributed by atoms with Gasteiger partial charge in [0.05, 0.1) is 0 Å². The summed E-state index contributed by atoms with van der Waals surface area (Å²) in [6, 6.07) is 3.59. The summed E-state index contributed by atoms with van der Waals surface area (Å²) in [6.07, 6.45) is -4.65. The van der Waals surface area contributed by atoms with Gasteiger partial charge in [-0.3, -0.25) is 19.7 Å². The van der Waals surface area contributed by atoms with E-state index in [4.69, 9.17) is 0 Å². The molecule has 0 unspecified atom stereocenters. The van der Waals surface area contributed by atoms with Crippen LogP contribution in [0.25, 0.3) is 0 Å². The Morgan fingerprint density at radius 3 is 2.36 bits per heavy atom. The molecule has 2 aromatic rings. The van der Waals surface area contributed by atoms with Crippen molar-refractivity contribution in [1.82, 2.24) is 14.5 Å². The van der Waals surface area contributed by atoms with Crippen molar-refractivity contribution in [2.75, 3.05) is 5.43 Å². The molecule has 0 aliphatic carbocycles. The lowest BCUT2D eigenvalue weighted by molar-refractivity contribution is -0.141. The van der Waals surface area contributed by atoms with Crippen LogP contribution in [0, 0.1) is 13.8 Å². The van der Waals surface area contributed by atoms with Gasteiger partial charge < -0.3 is 0 Å². The normalized spacial score (nSPS) is 11.5. The lowest BCUT2D eigenvalue weighted by Crippen LogP contribution is -2.35. The molecule has 2 rings (SSSR count). The number of nitrogens with one attached hydrogen (secondary N) is 1. The van der Waals surface area contributed by atoms with Gasteiger partial charge in [0.15, 0.2) is 5.69 Å². The Bertz CT molecular complexity index is 790. The Hall–Kier alpha value is -2.58. The minimum Gasteiger partial charge on any atom is -0.267 e. The molecule has 6 nitrogen and oxygen atoms in total. The first-order valence-corrected chi connectivity index (χ1v) is 6.22. The molecule has 0 saturated carbocycles. The van der Waals surface area contributed by atoms with Crippen LogP contribution >= 0.6 is 0 Å². The van der Waals surface area contributed by atoms with E-state index in [0.29, 0.717) is 17.3 Å². The molecule has 2 aromatic heterocycles. The monoisotopic (exact) mass is 314 g/mol. The first kappa shape index (κ1) is 15.8. The summed E-state index contributed by atoms with van der Waals surface area (Å²) in [4.78, 5) is 23.9. The van der Waals surface area contributed by atoms with E-state index >= 15 is 0 Å². The zero-order valence-electron chi connectivity index (χ0n) is 12.0. The number of hydrogen-bond donors (Lipinski definition) is 1. The van der Waals surface area contributed by atoms with Crippen molar-refractivity contribution in [3.63, 3.8) is 0 Å². The second-order valence-electron chi connectivity index (χ2n) is 4.82. The van der Waals surface area contributed by atoms with Crippen molar-refractivity contribution in [1.29, 1.82) is 0 Å². The summed E-state index contributed by atoms with van der Waals surface area (Å²) in [5.41, 5.74) is 1.47. The molecular weight excluding hydrogens is 301 g/mol. The number of nitrogens with zero attached hydrogens (tertiary/aromatic N) is 3. The lowest BCUT2D eigenvalue weighted by atomic mass is 10.2. The topological polar surface area (TPSA) is 68.9 Å². The van der Waals surface area contributed by atoms with Crippen LogP contribution in [0.5, 0.6) is 0 Å². The van der Waals surface area contributed by atoms with Gasteiger partial charge in [-0.15, -0.1) is 0 Å². The number of hydrogen-bond acceptors (Lipinski definition) is 3. The van der Waals surface area contributed by atoms with Crippen LogP contribution in [0.1, 0.15) is 27.4 Å². The summed E-state index contributed by atoms with van der Waals surface area (Å²) in [5, 5.41) is 3.25. The van der Waals surface area contributed by atoms with Gasteiger partial charge in [0.25, 0.3) is 11.5 Å². The van der Waals surface area contributed by atoms with Crippen LogP contribution < -0.4 is 11.0 Å². The van der Waals surface area contributed by atoms with Gasteiger partial charge in [-0.1, -0.05) is 0 Å². The maximum atomic E-state index is 12.6. The van der Waals surface area contributed by atoms with Crippen LogP contribution in [0.2, 0.25) is 0 Å². The van der Waals surface area contributed by atoms with Crippen molar-refractivity contribution < 1.29 is 18.0 Å². The standard InChI is InChI=1S/C13H13F3N4O2/c1-7-4-8(2)20(11(21)5-7)18-12(22)9-6-10(13(14,15)16)17-19(9)3/h4-6H,1-3H3,(H,18,22). The molecule has 22 heavy (non-hydrogen) atoms. The van der Waals surface area contributed by atoms with Crippen LogP contribution in [-0.2, 0) is 13.2 Å². The number of halogens is 3. The fourth-order valence-electron chi connectivity index (χ4n) is 1.99. The zero-order chi connectivity index (χ0) is 16.7. The highest BCUT2D eigenvalue weighted by Crippen LogP contribution is 2.28. The Balaban J connectivity index is 2.35. The third-order valence-electron chi connectivity index (χ3n) is 2.98. The predicted octanol–water partition coefficient (Wildman–Crippen LogP) is 1.60. The summed E-state index contributed by atoms with van der Waals surface area (Å²) < 4.78 is 39.5. The highest BCUT2D eigenvalue weighted by Gasteiger charge is 2.35. The molecule has 0 aliphatic heterocycles. The Kier molecular flexibility index (Phi) is 3.82. The molecule has 2 heterocycles. The van der Waals surface area contributed by atoms with E-state index in [-0.39, 0.29) is 5.69 Å². The molecule has 0 aliphatic rings. The number of rotatable bonds is 2. The van der Waals surface area contributed by atoms with Crippen molar-refractivity contribution in [2.45, 2.75) is 20.0 Å². The molecule has 9 heteroatoms. The number of carbonyl (C=O) groups is 1. The minimum absolute atomic E-state index is 0.306. The smallest absolute Gasteiger partial charge is 0.267 e. The number of aryl methyl sites for hydroxylation is 3. The molecule has 0 bridgehead atoms. The molecule has 0 spiro atoms. The second-order valence-corrected chi connectivity index (χ2v) is 4.82. The second kappa shape index (κ2) is 5.32. The summed E-state index contributed by atoms with van der Waals surface area (Å²) in [5.74, 6) is -0.862. The average molecular weight is 314 g/mol. The highest BCUT2D eigenvalue weighted by molar-refractivity contribution is 5.98. The molecule has 0 radical (unpaired) electrons. The van der Waals surface area contributed by atoms with E-state index in [1.165, 1.54) is 13.1 Å². The Morgan fingerprint density at radius 2 is 1.86 bits per heavy atom.